The Kier molecular flexibility index (Phi) is 6.40. The smallest absolute Gasteiger partial charge is 0.159 e. The van der Waals surface area contributed by atoms with Gasteiger partial charge in [-0.1, -0.05) is 72.8 Å². The summed E-state index contributed by atoms with van der Waals surface area (Å²) < 4.78 is 0. The molecule has 1 aliphatic rings. The molecular formula is C28H30N6. The molecule has 3 aromatic carbocycles. The Morgan fingerprint density at radius 1 is 0.794 bits per heavy atom. The van der Waals surface area contributed by atoms with Crippen molar-refractivity contribution in [3.05, 3.63) is 108 Å². The van der Waals surface area contributed by atoms with Crippen LogP contribution >= 0.6 is 0 Å². The van der Waals surface area contributed by atoms with Crippen LogP contribution in [0.5, 0.6) is 0 Å². The van der Waals surface area contributed by atoms with Crippen molar-refractivity contribution in [2.24, 2.45) is 0 Å². The maximum atomic E-state index is 6.53. The van der Waals surface area contributed by atoms with Crippen LogP contribution in [0, 0.1) is 6.92 Å². The molecule has 1 aromatic heterocycles. The van der Waals surface area contributed by atoms with E-state index in [4.69, 9.17) is 5.73 Å². The Balaban J connectivity index is 1.34. The van der Waals surface area contributed by atoms with Gasteiger partial charge in [0.1, 0.15) is 12.0 Å². The zero-order chi connectivity index (χ0) is 23.3. The molecule has 5 rings (SSSR count). The molecule has 0 unspecified atom stereocenters. The number of nitrogen functional groups attached to an aromatic ring is 1. The van der Waals surface area contributed by atoms with Crippen molar-refractivity contribution in [3.63, 3.8) is 0 Å². The van der Waals surface area contributed by atoms with Crippen LogP contribution in [-0.4, -0.2) is 41.0 Å². The first-order valence-electron chi connectivity index (χ1n) is 11.7. The number of benzene rings is 3. The van der Waals surface area contributed by atoms with Crippen LogP contribution < -0.4 is 16.0 Å². The minimum absolute atomic E-state index is 0.228. The number of piperazine rings is 1. The van der Waals surface area contributed by atoms with E-state index < -0.39 is 0 Å². The van der Waals surface area contributed by atoms with Crippen molar-refractivity contribution in [1.29, 1.82) is 0 Å². The summed E-state index contributed by atoms with van der Waals surface area (Å²) in [6.45, 7) is 5.59. The van der Waals surface area contributed by atoms with Gasteiger partial charge in [0.2, 0.25) is 0 Å². The molecule has 172 valence electrons. The fourth-order valence-electron chi connectivity index (χ4n) is 4.67. The van der Waals surface area contributed by atoms with Gasteiger partial charge in [0.15, 0.2) is 11.6 Å². The molecule has 1 saturated heterocycles. The van der Waals surface area contributed by atoms with Crippen molar-refractivity contribution in [2.75, 3.05) is 42.1 Å². The molecule has 2 heterocycles. The van der Waals surface area contributed by atoms with Gasteiger partial charge in [0, 0.05) is 31.9 Å². The van der Waals surface area contributed by atoms with Gasteiger partial charge < -0.3 is 16.0 Å². The van der Waals surface area contributed by atoms with Crippen molar-refractivity contribution >= 4 is 23.0 Å². The molecule has 0 amide bonds. The summed E-state index contributed by atoms with van der Waals surface area (Å²) >= 11 is 0. The average Bonchev–Trinajstić information content (AvgIpc) is 2.87. The third kappa shape index (κ3) is 4.72. The molecule has 4 aromatic rings. The number of hydrogen-bond acceptors (Lipinski definition) is 6. The lowest BCUT2D eigenvalue weighted by Gasteiger charge is -2.40. The molecule has 0 radical (unpaired) electrons. The van der Waals surface area contributed by atoms with Gasteiger partial charge in [-0.3, -0.25) is 4.90 Å². The van der Waals surface area contributed by atoms with E-state index in [0.29, 0.717) is 11.5 Å². The lowest BCUT2D eigenvalue weighted by atomic mass is 9.96. The van der Waals surface area contributed by atoms with E-state index >= 15 is 0 Å². The number of anilines is 4. The minimum atomic E-state index is 0.228. The monoisotopic (exact) mass is 450 g/mol. The number of aryl methyl sites for hydroxylation is 1. The zero-order valence-corrected chi connectivity index (χ0v) is 19.4. The van der Waals surface area contributed by atoms with Gasteiger partial charge >= 0.3 is 0 Å². The average molecular weight is 451 g/mol. The topological polar surface area (TPSA) is 70.3 Å². The number of rotatable bonds is 6. The standard InChI is InChI=1S/C28H30N6/c1-21-9-8-14-24(19-21)32-27-25(29)28(31-20-30-27)34-17-15-33(16-18-34)26(22-10-4-2-5-11-22)23-12-6-3-7-13-23/h2-14,19-20,26H,15-18,29H2,1H3,(H,30,31,32). The van der Waals surface area contributed by atoms with Crippen LogP contribution in [0.15, 0.2) is 91.3 Å². The van der Waals surface area contributed by atoms with Crippen LogP contribution in [0.3, 0.4) is 0 Å². The minimum Gasteiger partial charge on any atom is -0.393 e. The van der Waals surface area contributed by atoms with E-state index in [9.17, 15) is 0 Å². The first-order valence-corrected chi connectivity index (χ1v) is 11.7. The Labute approximate surface area is 201 Å². The lowest BCUT2D eigenvalue weighted by molar-refractivity contribution is 0.212. The van der Waals surface area contributed by atoms with Crippen LogP contribution in [-0.2, 0) is 0 Å². The van der Waals surface area contributed by atoms with Crippen LogP contribution in [0.2, 0.25) is 0 Å². The van der Waals surface area contributed by atoms with Gasteiger partial charge in [-0.25, -0.2) is 9.97 Å². The van der Waals surface area contributed by atoms with Gasteiger partial charge in [-0.15, -0.1) is 0 Å². The third-order valence-corrected chi connectivity index (χ3v) is 6.35. The van der Waals surface area contributed by atoms with E-state index in [0.717, 1.165) is 37.7 Å². The highest BCUT2D eigenvalue weighted by Gasteiger charge is 2.28. The molecule has 0 saturated carbocycles. The molecule has 3 N–H and O–H groups in total. The first-order chi connectivity index (χ1) is 16.7. The molecule has 0 atom stereocenters. The predicted molar refractivity (Wildman–Crippen MR) is 139 cm³/mol. The van der Waals surface area contributed by atoms with Gasteiger partial charge in [-0.2, -0.15) is 0 Å². The predicted octanol–water partition coefficient (Wildman–Crippen LogP) is 5.02. The number of aromatic nitrogens is 2. The second kappa shape index (κ2) is 9.93. The molecular weight excluding hydrogens is 420 g/mol. The van der Waals surface area contributed by atoms with Gasteiger partial charge in [0.05, 0.1) is 6.04 Å². The van der Waals surface area contributed by atoms with Gasteiger partial charge in [0.25, 0.3) is 0 Å². The number of nitrogens with one attached hydrogen (secondary N) is 1. The highest BCUT2D eigenvalue weighted by atomic mass is 15.3. The lowest BCUT2D eigenvalue weighted by Crippen LogP contribution is -2.48. The number of nitrogens with zero attached hydrogens (tertiary/aromatic N) is 4. The van der Waals surface area contributed by atoms with E-state index in [1.54, 1.807) is 6.33 Å². The van der Waals surface area contributed by atoms with E-state index in [-0.39, 0.29) is 6.04 Å². The third-order valence-electron chi connectivity index (χ3n) is 6.35. The fraction of sp³-hybridized carbons (Fsp3) is 0.214. The van der Waals surface area contributed by atoms with E-state index in [1.165, 1.54) is 16.7 Å². The summed E-state index contributed by atoms with van der Waals surface area (Å²) in [6.07, 6.45) is 1.59. The van der Waals surface area contributed by atoms with Crippen molar-refractivity contribution in [2.45, 2.75) is 13.0 Å². The maximum absolute atomic E-state index is 6.53. The Hall–Kier alpha value is -3.90. The number of nitrogens with two attached hydrogens (primary N) is 1. The van der Waals surface area contributed by atoms with E-state index in [2.05, 4.69) is 105 Å². The zero-order valence-electron chi connectivity index (χ0n) is 19.4. The quantitative estimate of drug-likeness (QED) is 0.430. The Morgan fingerprint density at radius 3 is 2.06 bits per heavy atom. The molecule has 6 nitrogen and oxygen atoms in total. The molecule has 6 heteroatoms. The highest BCUT2D eigenvalue weighted by Crippen LogP contribution is 2.33. The summed E-state index contributed by atoms with van der Waals surface area (Å²) in [4.78, 5) is 13.7. The number of hydrogen-bond donors (Lipinski definition) is 2. The second-order valence-corrected chi connectivity index (χ2v) is 8.70. The van der Waals surface area contributed by atoms with E-state index in [1.807, 2.05) is 12.1 Å². The highest BCUT2D eigenvalue weighted by molar-refractivity contribution is 5.78. The molecule has 1 aliphatic heterocycles. The van der Waals surface area contributed by atoms with Crippen molar-refractivity contribution < 1.29 is 0 Å². The van der Waals surface area contributed by atoms with Crippen LogP contribution in [0.1, 0.15) is 22.7 Å². The summed E-state index contributed by atoms with van der Waals surface area (Å²) in [5.74, 6) is 1.44. The molecule has 0 spiro atoms. The molecule has 0 aliphatic carbocycles. The Morgan fingerprint density at radius 2 is 1.44 bits per heavy atom. The van der Waals surface area contributed by atoms with Crippen molar-refractivity contribution in [3.8, 4) is 0 Å². The summed E-state index contributed by atoms with van der Waals surface area (Å²) in [5, 5.41) is 3.35. The summed E-state index contributed by atoms with van der Waals surface area (Å²) in [6, 6.07) is 29.9. The normalized spacial score (nSPS) is 14.4. The summed E-state index contributed by atoms with van der Waals surface area (Å²) in [7, 11) is 0. The van der Waals surface area contributed by atoms with Crippen molar-refractivity contribution in [1.82, 2.24) is 14.9 Å². The maximum Gasteiger partial charge on any atom is 0.159 e. The summed E-state index contributed by atoms with van der Waals surface area (Å²) in [5.41, 5.74) is 11.9. The van der Waals surface area contributed by atoms with Crippen LogP contribution in [0.25, 0.3) is 0 Å². The largest absolute Gasteiger partial charge is 0.393 e. The molecule has 0 bridgehead atoms. The van der Waals surface area contributed by atoms with Gasteiger partial charge in [-0.05, 0) is 35.7 Å². The first kappa shape index (κ1) is 21.9. The van der Waals surface area contributed by atoms with Crippen LogP contribution in [0.4, 0.5) is 23.0 Å². The fourth-order valence-corrected chi connectivity index (χ4v) is 4.67. The Bertz CT molecular complexity index is 1180. The SMILES string of the molecule is Cc1cccc(Nc2ncnc(N3CCN(C(c4ccccc4)c4ccccc4)CC3)c2N)c1. The molecule has 34 heavy (non-hydrogen) atoms. The second-order valence-electron chi connectivity index (χ2n) is 8.70. The molecule has 1 fully saturated rings.